The number of aryl methyl sites for hydroxylation is 1. The summed E-state index contributed by atoms with van der Waals surface area (Å²) in [5.74, 6) is 0.883. The molecule has 2 heterocycles. The molecule has 0 radical (unpaired) electrons. The van der Waals surface area contributed by atoms with Crippen LogP contribution >= 0.6 is 15.9 Å². The van der Waals surface area contributed by atoms with Crippen molar-refractivity contribution in [1.82, 2.24) is 5.32 Å². The van der Waals surface area contributed by atoms with Crippen LogP contribution in [0.15, 0.2) is 46.9 Å². The normalized spacial score (nSPS) is 22.8. The highest BCUT2D eigenvalue weighted by Gasteiger charge is 2.57. The first-order chi connectivity index (χ1) is 13.3. The lowest BCUT2D eigenvalue weighted by Gasteiger charge is -2.49. The second-order valence-electron chi connectivity index (χ2n) is 8.08. The van der Waals surface area contributed by atoms with Gasteiger partial charge in [0.05, 0.1) is 7.11 Å². The van der Waals surface area contributed by atoms with Gasteiger partial charge in [-0.05, 0) is 42.8 Å². The molecule has 4 rings (SSSR count). The van der Waals surface area contributed by atoms with E-state index in [1.165, 1.54) is 16.8 Å². The van der Waals surface area contributed by atoms with Gasteiger partial charge >= 0.3 is 0 Å². The number of anilines is 1. The molecule has 28 heavy (non-hydrogen) atoms. The summed E-state index contributed by atoms with van der Waals surface area (Å²) in [6.07, 6.45) is 4.69. The van der Waals surface area contributed by atoms with Gasteiger partial charge in [0.25, 0.3) is 0 Å². The Labute approximate surface area is 174 Å². The van der Waals surface area contributed by atoms with Crippen LogP contribution < -0.4 is 15.0 Å². The summed E-state index contributed by atoms with van der Waals surface area (Å²) in [6, 6.07) is 12.5. The molecule has 1 N–H and O–H groups in total. The van der Waals surface area contributed by atoms with E-state index in [0.29, 0.717) is 13.0 Å². The van der Waals surface area contributed by atoms with Crippen LogP contribution in [0.1, 0.15) is 37.0 Å². The topological polar surface area (TPSA) is 41.6 Å². The third kappa shape index (κ3) is 2.75. The molecular formula is C23H25BrN2O2. The van der Waals surface area contributed by atoms with Gasteiger partial charge in [0.1, 0.15) is 11.4 Å². The van der Waals surface area contributed by atoms with E-state index in [9.17, 15) is 4.79 Å². The number of methoxy groups -OCH3 is 1. The predicted octanol–water partition coefficient (Wildman–Crippen LogP) is 4.79. The largest absolute Gasteiger partial charge is 0.496 e. The van der Waals surface area contributed by atoms with Crippen LogP contribution in [0.4, 0.5) is 5.69 Å². The molecule has 2 aliphatic rings. The summed E-state index contributed by atoms with van der Waals surface area (Å²) < 4.78 is 6.51. The fourth-order valence-electron chi connectivity index (χ4n) is 4.51. The zero-order chi connectivity index (χ0) is 20.1. The Hall–Kier alpha value is -2.27. The van der Waals surface area contributed by atoms with Crippen LogP contribution in [0.25, 0.3) is 6.08 Å². The van der Waals surface area contributed by atoms with Crippen molar-refractivity contribution >= 4 is 33.6 Å². The zero-order valence-corrected chi connectivity index (χ0v) is 18.3. The maximum atomic E-state index is 12.5. The van der Waals surface area contributed by atoms with Crippen molar-refractivity contribution in [3.8, 4) is 5.75 Å². The molecule has 2 aromatic rings. The molecule has 4 nitrogen and oxygen atoms in total. The average Bonchev–Trinajstić information content (AvgIpc) is 2.84. The summed E-state index contributed by atoms with van der Waals surface area (Å²) in [5, 5.41) is 3.32. The van der Waals surface area contributed by atoms with Crippen LogP contribution in [-0.4, -0.2) is 25.2 Å². The molecule has 0 aromatic heterocycles. The second kappa shape index (κ2) is 6.66. The van der Waals surface area contributed by atoms with Crippen molar-refractivity contribution in [2.24, 2.45) is 0 Å². The molecule has 0 bridgehead atoms. The van der Waals surface area contributed by atoms with E-state index >= 15 is 0 Å². The fraction of sp³-hybridized carbons (Fsp3) is 0.348. The van der Waals surface area contributed by atoms with Gasteiger partial charge < -0.3 is 15.0 Å². The number of nitrogens with zero attached hydrogens (tertiary/aromatic N) is 1. The van der Waals surface area contributed by atoms with Gasteiger partial charge in [0.2, 0.25) is 5.91 Å². The molecule has 2 aliphatic heterocycles. The van der Waals surface area contributed by atoms with Gasteiger partial charge in [-0.2, -0.15) is 0 Å². The van der Waals surface area contributed by atoms with Crippen LogP contribution in [0.2, 0.25) is 0 Å². The number of benzene rings is 2. The highest BCUT2D eigenvalue weighted by atomic mass is 79.9. The molecule has 0 unspecified atom stereocenters. The standard InChI is InChI=1S/C23H25BrN2O2/c1-15-5-7-19-18(13-15)22(2,3)23(25-21(27)10-12-26(19)23)11-9-16-14-17(24)6-8-20(16)28-4/h5-9,11,13-14H,10,12H2,1-4H3,(H,25,27)/t23-/m1/s1. The predicted molar refractivity (Wildman–Crippen MR) is 117 cm³/mol. The van der Waals surface area contributed by atoms with Gasteiger partial charge in [-0.15, -0.1) is 0 Å². The van der Waals surface area contributed by atoms with Crippen LogP contribution in [-0.2, 0) is 10.2 Å². The van der Waals surface area contributed by atoms with Crippen molar-refractivity contribution in [2.45, 2.75) is 38.3 Å². The third-order valence-electron chi connectivity index (χ3n) is 6.08. The average molecular weight is 441 g/mol. The van der Waals surface area contributed by atoms with Gasteiger partial charge in [0.15, 0.2) is 0 Å². The van der Waals surface area contributed by atoms with Crippen LogP contribution in [0.3, 0.4) is 0 Å². The van der Waals surface area contributed by atoms with Gasteiger partial charge in [-0.25, -0.2) is 0 Å². The lowest BCUT2D eigenvalue weighted by atomic mass is 9.74. The number of rotatable bonds is 3. The Morgan fingerprint density at radius 2 is 2.00 bits per heavy atom. The summed E-state index contributed by atoms with van der Waals surface area (Å²) in [4.78, 5) is 14.8. The number of nitrogens with one attached hydrogen (secondary N) is 1. The van der Waals surface area contributed by atoms with E-state index in [2.05, 4.69) is 77.3 Å². The molecule has 5 heteroatoms. The number of carbonyl (C=O) groups is 1. The van der Waals surface area contributed by atoms with E-state index in [4.69, 9.17) is 4.74 Å². The minimum atomic E-state index is -0.619. The van der Waals surface area contributed by atoms with E-state index in [-0.39, 0.29) is 11.3 Å². The Bertz CT molecular complexity index is 983. The van der Waals surface area contributed by atoms with Crippen molar-refractivity contribution in [1.29, 1.82) is 0 Å². The summed E-state index contributed by atoms with van der Waals surface area (Å²) >= 11 is 3.54. The van der Waals surface area contributed by atoms with Crippen molar-refractivity contribution in [3.05, 3.63) is 63.6 Å². The highest BCUT2D eigenvalue weighted by Crippen LogP contribution is 2.52. The summed E-state index contributed by atoms with van der Waals surface area (Å²) in [5.41, 5.74) is 3.74. The first-order valence-electron chi connectivity index (χ1n) is 9.51. The van der Waals surface area contributed by atoms with E-state index in [1.54, 1.807) is 7.11 Å². The maximum Gasteiger partial charge on any atom is 0.223 e. The van der Waals surface area contributed by atoms with Crippen LogP contribution in [0, 0.1) is 6.92 Å². The SMILES string of the molecule is COc1ccc(Br)cc1C=C[C@@]12NC(=O)CCN1c1ccc(C)cc1C2(C)C. The first-order valence-corrected chi connectivity index (χ1v) is 10.3. The van der Waals surface area contributed by atoms with Crippen molar-refractivity contribution in [3.63, 3.8) is 0 Å². The van der Waals surface area contributed by atoms with Gasteiger partial charge in [-0.1, -0.05) is 53.5 Å². The second-order valence-corrected chi connectivity index (χ2v) is 9.00. The molecule has 0 saturated carbocycles. The Balaban J connectivity index is 1.87. The summed E-state index contributed by atoms with van der Waals surface area (Å²) in [6.45, 7) is 7.23. The Morgan fingerprint density at radius 1 is 1.21 bits per heavy atom. The maximum absolute atomic E-state index is 12.5. The quantitative estimate of drug-likeness (QED) is 0.745. The van der Waals surface area contributed by atoms with E-state index in [0.717, 1.165) is 15.8 Å². The zero-order valence-electron chi connectivity index (χ0n) is 16.7. The minimum Gasteiger partial charge on any atom is -0.496 e. The number of halogens is 1. The number of hydrogen-bond acceptors (Lipinski definition) is 3. The minimum absolute atomic E-state index is 0.0831. The summed E-state index contributed by atoms with van der Waals surface area (Å²) in [7, 11) is 1.67. The molecule has 0 spiro atoms. The highest BCUT2D eigenvalue weighted by molar-refractivity contribution is 9.10. The van der Waals surface area contributed by atoms with E-state index < -0.39 is 5.66 Å². The number of fused-ring (bicyclic) bond motifs is 3. The molecule has 1 saturated heterocycles. The number of carbonyl (C=O) groups excluding carboxylic acids is 1. The lowest BCUT2D eigenvalue weighted by Crippen LogP contribution is -2.68. The first kappa shape index (κ1) is 19.1. The third-order valence-corrected chi connectivity index (χ3v) is 6.58. The van der Waals surface area contributed by atoms with Crippen LogP contribution in [0.5, 0.6) is 5.75 Å². The van der Waals surface area contributed by atoms with E-state index in [1.807, 2.05) is 18.2 Å². The molecular weight excluding hydrogens is 416 g/mol. The molecule has 2 aromatic carbocycles. The van der Waals surface area contributed by atoms with Crippen molar-refractivity contribution in [2.75, 3.05) is 18.6 Å². The molecule has 0 aliphatic carbocycles. The van der Waals surface area contributed by atoms with Gasteiger partial charge in [-0.3, -0.25) is 4.79 Å². The van der Waals surface area contributed by atoms with Crippen molar-refractivity contribution < 1.29 is 9.53 Å². The number of amides is 1. The number of hydrogen-bond donors (Lipinski definition) is 1. The smallest absolute Gasteiger partial charge is 0.223 e. The lowest BCUT2D eigenvalue weighted by molar-refractivity contribution is -0.124. The monoisotopic (exact) mass is 440 g/mol. The Morgan fingerprint density at radius 3 is 2.75 bits per heavy atom. The fourth-order valence-corrected chi connectivity index (χ4v) is 4.89. The molecule has 1 fully saturated rings. The Kier molecular flexibility index (Phi) is 4.53. The van der Waals surface area contributed by atoms with Gasteiger partial charge in [0, 0.05) is 34.1 Å². The molecule has 1 amide bonds. The molecule has 146 valence electrons. The molecule has 1 atom stereocenters. The number of ether oxygens (including phenoxy) is 1.